The maximum Gasteiger partial charge on any atom is 0.329 e. The lowest BCUT2D eigenvalue weighted by Crippen LogP contribution is -2.20. The fourth-order valence-electron chi connectivity index (χ4n) is 0.973. The van der Waals surface area contributed by atoms with Crippen LogP contribution in [-0.2, 0) is 14.3 Å². The van der Waals surface area contributed by atoms with Gasteiger partial charge < -0.3 is 20.3 Å². The van der Waals surface area contributed by atoms with E-state index in [0.29, 0.717) is 5.69 Å². The summed E-state index contributed by atoms with van der Waals surface area (Å²) in [5, 5.41) is 19.7. The molecule has 0 unspecified atom stereocenters. The van der Waals surface area contributed by atoms with Crippen LogP contribution in [-0.4, -0.2) is 35.3 Å². The number of ether oxygens (including phenoxy) is 1. The normalized spacial score (nSPS) is 9.75. The van der Waals surface area contributed by atoms with Crippen molar-refractivity contribution in [3.63, 3.8) is 0 Å². The van der Waals surface area contributed by atoms with Crippen molar-refractivity contribution in [1.82, 2.24) is 0 Å². The maximum atomic E-state index is 11.2. The molecule has 6 heteroatoms. The van der Waals surface area contributed by atoms with E-state index >= 15 is 0 Å². The molecule has 16 heavy (non-hydrogen) atoms. The first-order chi connectivity index (χ1) is 7.58. The van der Waals surface area contributed by atoms with E-state index < -0.39 is 18.5 Å². The molecule has 0 bridgehead atoms. The van der Waals surface area contributed by atoms with E-state index in [1.807, 2.05) is 0 Å². The minimum atomic E-state index is -1.13. The van der Waals surface area contributed by atoms with Crippen molar-refractivity contribution in [3.8, 4) is 5.75 Å². The summed E-state index contributed by atoms with van der Waals surface area (Å²) in [4.78, 5) is 21.3. The van der Waals surface area contributed by atoms with E-state index in [1.54, 1.807) is 0 Å². The Kier molecular flexibility index (Phi) is 4.28. The molecule has 0 aromatic heterocycles. The van der Waals surface area contributed by atoms with Crippen LogP contribution in [0, 0.1) is 0 Å². The minimum Gasteiger partial charge on any atom is -0.508 e. The second-order valence-electron chi connectivity index (χ2n) is 2.98. The summed E-state index contributed by atoms with van der Waals surface area (Å²) in [6.07, 6.45) is 0. The summed E-state index contributed by atoms with van der Waals surface area (Å²) >= 11 is 0. The number of carboxylic acid groups (broad SMARTS) is 1. The largest absolute Gasteiger partial charge is 0.508 e. The summed E-state index contributed by atoms with van der Waals surface area (Å²) in [6, 6.07) is 5.89. The number of carbonyl (C=O) groups excluding carboxylic acids is 1. The number of carbonyl (C=O) groups is 2. The zero-order valence-corrected chi connectivity index (χ0v) is 8.34. The second-order valence-corrected chi connectivity index (χ2v) is 2.98. The monoisotopic (exact) mass is 225 g/mol. The van der Waals surface area contributed by atoms with Gasteiger partial charge in [0, 0.05) is 5.69 Å². The maximum absolute atomic E-state index is 11.2. The molecule has 1 rings (SSSR count). The molecule has 1 aromatic carbocycles. The Labute approximate surface area is 91.5 Å². The quantitative estimate of drug-likeness (QED) is 0.631. The smallest absolute Gasteiger partial charge is 0.329 e. The van der Waals surface area contributed by atoms with E-state index in [1.165, 1.54) is 24.3 Å². The molecule has 0 saturated heterocycles. The molecule has 0 aliphatic carbocycles. The first-order valence-corrected chi connectivity index (χ1v) is 4.46. The highest BCUT2D eigenvalue weighted by Crippen LogP contribution is 2.13. The van der Waals surface area contributed by atoms with Gasteiger partial charge in [-0.15, -0.1) is 0 Å². The van der Waals surface area contributed by atoms with Crippen LogP contribution in [0.1, 0.15) is 0 Å². The molecule has 0 fully saturated rings. The highest BCUT2D eigenvalue weighted by atomic mass is 16.5. The fraction of sp³-hybridized carbons (Fsp3) is 0.200. The number of nitrogens with one attached hydrogen (secondary N) is 1. The molecular formula is C10H11NO5. The summed E-state index contributed by atoms with van der Waals surface area (Å²) in [5.74, 6) is -1.48. The number of hydrogen-bond donors (Lipinski definition) is 3. The van der Waals surface area contributed by atoms with Gasteiger partial charge in [0.25, 0.3) is 0 Å². The van der Waals surface area contributed by atoms with Crippen molar-refractivity contribution in [2.75, 3.05) is 18.5 Å². The van der Waals surface area contributed by atoms with Crippen LogP contribution in [0.3, 0.4) is 0 Å². The van der Waals surface area contributed by atoms with Crippen LogP contribution >= 0.6 is 0 Å². The SMILES string of the molecule is O=C(O)COCC(=O)Nc1ccc(O)cc1. The number of aliphatic carboxylic acids is 1. The molecule has 3 N–H and O–H groups in total. The van der Waals surface area contributed by atoms with Gasteiger partial charge in [0.05, 0.1) is 0 Å². The molecule has 0 aliphatic heterocycles. The third-order valence-electron chi connectivity index (χ3n) is 1.61. The number of phenols is 1. The zero-order valence-electron chi connectivity index (χ0n) is 8.34. The molecular weight excluding hydrogens is 214 g/mol. The molecule has 1 aromatic rings. The predicted octanol–water partition coefficient (Wildman–Crippen LogP) is 0.432. The van der Waals surface area contributed by atoms with Crippen molar-refractivity contribution in [2.45, 2.75) is 0 Å². The van der Waals surface area contributed by atoms with Gasteiger partial charge in [-0.3, -0.25) is 4.79 Å². The Hall–Kier alpha value is -2.08. The molecule has 0 atom stereocenters. The first-order valence-electron chi connectivity index (χ1n) is 4.46. The van der Waals surface area contributed by atoms with Gasteiger partial charge in [0.15, 0.2) is 0 Å². The van der Waals surface area contributed by atoms with E-state index in [-0.39, 0.29) is 12.4 Å². The van der Waals surface area contributed by atoms with Crippen molar-refractivity contribution in [3.05, 3.63) is 24.3 Å². The van der Waals surface area contributed by atoms with Gasteiger partial charge in [0.2, 0.25) is 5.91 Å². The molecule has 0 heterocycles. The van der Waals surface area contributed by atoms with Crippen LogP contribution < -0.4 is 5.32 Å². The number of benzene rings is 1. The van der Waals surface area contributed by atoms with E-state index in [4.69, 9.17) is 10.2 Å². The van der Waals surface area contributed by atoms with Crippen LogP contribution in [0.15, 0.2) is 24.3 Å². The van der Waals surface area contributed by atoms with Crippen molar-refractivity contribution in [1.29, 1.82) is 0 Å². The number of carboxylic acids is 1. The summed E-state index contributed by atoms with van der Waals surface area (Å²) in [6.45, 7) is -0.837. The van der Waals surface area contributed by atoms with Gasteiger partial charge in [-0.05, 0) is 24.3 Å². The lowest BCUT2D eigenvalue weighted by Gasteiger charge is -2.04. The number of hydrogen-bond acceptors (Lipinski definition) is 4. The number of aromatic hydroxyl groups is 1. The Morgan fingerprint density at radius 2 is 1.81 bits per heavy atom. The molecule has 0 spiro atoms. The van der Waals surface area contributed by atoms with E-state index in [9.17, 15) is 9.59 Å². The van der Waals surface area contributed by atoms with E-state index in [2.05, 4.69) is 10.1 Å². The molecule has 86 valence electrons. The van der Waals surface area contributed by atoms with Crippen molar-refractivity contribution >= 4 is 17.6 Å². The predicted molar refractivity (Wildman–Crippen MR) is 55.2 cm³/mol. The van der Waals surface area contributed by atoms with Crippen molar-refractivity contribution in [2.24, 2.45) is 0 Å². The molecule has 0 saturated carbocycles. The highest BCUT2D eigenvalue weighted by Gasteiger charge is 2.04. The van der Waals surface area contributed by atoms with Gasteiger partial charge >= 0.3 is 5.97 Å². The van der Waals surface area contributed by atoms with Crippen LogP contribution in [0.5, 0.6) is 5.75 Å². The number of amides is 1. The van der Waals surface area contributed by atoms with Crippen LogP contribution in [0.2, 0.25) is 0 Å². The van der Waals surface area contributed by atoms with Crippen molar-refractivity contribution < 1.29 is 24.5 Å². The average molecular weight is 225 g/mol. The van der Waals surface area contributed by atoms with Gasteiger partial charge in [-0.1, -0.05) is 0 Å². The summed E-state index contributed by atoms with van der Waals surface area (Å²) in [7, 11) is 0. The lowest BCUT2D eigenvalue weighted by molar-refractivity contribution is -0.143. The Morgan fingerprint density at radius 1 is 1.19 bits per heavy atom. The summed E-state index contributed by atoms with van der Waals surface area (Å²) in [5.41, 5.74) is 0.502. The lowest BCUT2D eigenvalue weighted by atomic mass is 10.3. The first kappa shape index (κ1) is 12.0. The van der Waals surface area contributed by atoms with Gasteiger partial charge in [0.1, 0.15) is 19.0 Å². The summed E-state index contributed by atoms with van der Waals surface area (Å²) < 4.78 is 4.59. The van der Waals surface area contributed by atoms with Crippen LogP contribution in [0.4, 0.5) is 5.69 Å². The average Bonchev–Trinajstić information content (AvgIpc) is 2.21. The third kappa shape index (κ3) is 4.43. The zero-order chi connectivity index (χ0) is 12.0. The van der Waals surface area contributed by atoms with Crippen LogP contribution in [0.25, 0.3) is 0 Å². The molecule has 1 amide bonds. The number of anilines is 1. The third-order valence-corrected chi connectivity index (χ3v) is 1.61. The molecule has 0 radical (unpaired) electrons. The van der Waals surface area contributed by atoms with Gasteiger partial charge in [-0.25, -0.2) is 4.79 Å². The molecule has 0 aliphatic rings. The van der Waals surface area contributed by atoms with E-state index in [0.717, 1.165) is 0 Å². The fourth-order valence-corrected chi connectivity index (χ4v) is 0.973. The standard InChI is InChI=1S/C10H11NO5/c12-8-3-1-7(2-4-8)11-9(13)5-16-6-10(14)15/h1-4,12H,5-6H2,(H,11,13)(H,14,15). The number of phenolic OH excluding ortho intramolecular Hbond substituents is 1. The topological polar surface area (TPSA) is 95.9 Å². The minimum absolute atomic E-state index is 0.0973. The number of rotatable bonds is 5. The van der Waals surface area contributed by atoms with Gasteiger partial charge in [-0.2, -0.15) is 0 Å². The highest BCUT2D eigenvalue weighted by molar-refractivity contribution is 5.91. The Balaban J connectivity index is 2.34. The molecule has 6 nitrogen and oxygen atoms in total. The second kappa shape index (κ2) is 5.72. The Bertz CT molecular complexity index is 373. The Morgan fingerprint density at radius 3 is 2.38 bits per heavy atom.